The third-order valence-electron chi connectivity index (χ3n) is 2.00. The first-order valence-corrected chi connectivity index (χ1v) is 5.57. The highest BCUT2D eigenvalue weighted by Crippen LogP contribution is 2.29. The van der Waals surface area contributed by atoms with Gasteiger partial charge < -0.3 is 11.1 Å². The summed E-state index contributed by atoms with van der Waals surface area (Å²) in [4.78, 5) is 10.9. The highest BCUT2D eigenvalue weighted by atomic mass is 35.5. The molecule has 0 aromatic heterocycles. The number of amidine groups is 1. The lowest BCUT2D eigenvalue weighted by Gasteiger charge is -2.09. The van der Waals surface area contributed by atoms with Crippen molar-refractivity contribution in [1.82, 2.24) is 0 Å². The van der Waals surface area contributed by atoms with E-state index < -0.39 is 17.6 Å². The summed E-state index contributed by atoms with van der Waals surface area (Å²) in [6, 6.07) is 3.92. The van der Waals surface area contributed by atoms with E-state index in [2.05, 4.69) is 15.8 Å². The minimum absolute atomic E-state index is 0.0424. The SMILES string of the molecule is CC(=O)Nc1c(F)cc(N/N=C(\C#N)C(=N)N)cc1Cl. The average molecular weight is 297 g/mol. The highest BCUT2D eigenvalue weighted by molar-refractivity contribution is 6.45. The van der Waals surface area contributed by atoms with Crippen molar-refractivity contribution in [3.8, 4) is 6.07 Å². The summed E-state index contributed by atoms with van der Waals surface area (Å²) in [5, 5.41) is 21.4. The third-order valence-corrected chi connectivity index (χ3v) is 2.30. The predicted molar refractivity (Wildman–Crippen MR) is 74.3 cm³/mol. The van der Waals surface area contributed by atoms with Gasteiger partial charge in [-0.15, -0.1) is 0 Å². The van der Waals surface area contributed by atoms with Crippen LogP contribution in [0.15, 0.2) is 17.2 Å². The number of hydrogen-bond acceptors (Lipinski definition) is 5. The fraction of sp³-hybridized carbons (Fsp3) is 0.0909. The molecule has 9 heteroatoms. The van der Waals surface area contributed by atoms with E-state index in [1.54, 1.807) is 6.07 Å². The summed E-state index contributed by atoms with van der Waals surface area (Å²) in [5.41, 5.74) is 7.07. The van der Waals surface area contributed by atoms with Gasteiger partial charge >= 0.3 is 0 Å². The Morgan fingerprint density at radius 1 is 1.60 bits per heavy atom. The van der Waals surface area contributed by atoms with E-state index in [1.807, 2.05) is 0 Å². The number of halogens is 2. The Kier molecular flexibility index (Phi) is 5.00. The molecule has 0 aliphatic heterocycles. The number of hydrazone groups is 1. The third kappa shape index (κ3) is 3.93. The summed E-state index contributed by atoms with van der Waals surface area (Å²) in [6.45, 7) is 1.22. The van der Waals surface area contributed by atoms with E-state index in [1.165, 1.54) is 13.0 Å². The maximum atomic E-state index is 13.7. The topological polar surface area (TPSA) is 127 Å². The van der Waals surface area contributed by atoms with Crippen LogP contribution >= 0.6 is 11.6 Å². The number of carbonyl (C=O) groups excluding carboxylic acids is 1. The predicted octanol–water partition coefficient (Wildman–Crippen LogP) is 1.66. The number of nitrogens with one attached hydrogen (secondary N) is 3. The molecule has 0 spiro atoms. The molecule has 1 aromatic carbocycles. The standard InChI is InChI=1S/C11H10ClFN6O/c1-5(20)17-10-7(12)2-6(3-8(10)13)18-19-9(4-14)11(15)16/h2-3,18H,1H3,(H3,15,16)(H,17,20)/b19-9+. The molecular formula is C11H10ClFN6O. The van der Waals surface area contributed by atoms with Crippen molar-refractivity contribution in [3.05, 3.63) is 23.0 Å². The lowest BCUT2D eigenvalue weighted by atomic mass is 10.2. The molecule has 1 rings (SSSR count). The number of hydrogen-bond donors (Lipinski definition) is 4. The van der Waals surface area contributed by atoms with Gasteiger partial charge in [0.15, 0.2) is 5.84 Å². The number of nitrogens with two attached hydrogens (primary N) is 1. The maximum absolute atomic E-state index is 13.7. The van der Waals surface area contributed by atoms with E-state index in [-0.39, 0.29) is 22.1 Å². The monoisotopic (exact) mass is 296 g/mol. The summed E-state index contributed by atoms with van der Waals surface area (Å²) < 4.78 is 13.7. The molecule has 1 amide bonds. The second-order valence-electron chi connectivity index (χ2n) is 3.59. The van der Waals surface area contributed by atoms with Crippen LogP contribution in [-0.2, 0) is 4.79 Å². The van der Waals surface area contributed by atoms with Crippen LogP contribution in [0, 0.1) is 22.6 Å². The zero-order valence-electron chi connectivity index (χ0n) is 10.3. The first kappa shape index (κ1) is 15.4. The minimum Gasteiger partial charge on any atom is -0.382 e. The van der Waals surface area contributed by atoms with Crippen LogP contribution in [0.4, 0.5) is 15.8 Å². The quantitative estimate of drug-likeness (QED) is 0.383. The van der Waals surface area contributed by atoms with Crippen molar-refractivity contribution in [2.75, 3.05) is 10.7 Å². The number of nitriles is 1. The fourth-order valence-corrected chi connectivity index (χ4v) is 1.45. The summed E-state index contributed by atoms with van der Waals surface area (Å²) in [5.74, 6) is -1.76. The lowest BCUT2D eigenvalue weighted by molar-refractivity contribution is -0.114. The molecular weight excluding hydrogens is 287 g/mol. The molecule has 5 N–H and O–H groups in total. The number of anilines is 2. The van der Waals surface area contributed by atoms with Crippen LogP contribution in [0.5, 0.6) is 0 Å². The molecule has 0 radical (unpaired) electrons. The molecule has 0 bridgehead atoms. The molecule has 0 aliphatic rings. The highest BCUT2D eigenvalue weighted by Gasteiger charge is 2.11. The Labute approximate surface area is 118 Å². The Bertz CT molecular complexity index is 613. The van der Waals surface area contributed by atoms with E-state index in [4.69, 9.17) is 28.0 Å². The Morgan fingerprint density at radius 3 is 2.70 bits per heavy atom. The summed E-state index contributed by atoms with van der Waals surface area (Å²) in [6.07, 6.45) is 0. The zero-order chi connectivity index (χ0) is 15.3. The average Bonchev–Trinajstić information content (AvgIpc) is 2.34. The Morgan fingerprint density at radius 2 is 2.25 bits per heavy atom. The molecule has 0 unspecified atom stereocenters. The molecule has 104 valence electrons. The number of carbonyl (C=O) groups is 1. The summed E-state index contributed by atoms with van der Waals surface area (Å²) >= 11 is 5.82. The van der Waals surface area contributed by atoms with E-state index >= 15 is 0 Å². The van der Waals surface area contributed by atoms with E-state index in [9.17, 15) is 9.18 Å². The van der Waals surface area contributed by atoms with Crippen LogP contribution in [0.3, 0.4) is 0 Å². The van der Waals surface area contributed by atoms with Crippen LogP contribution in [-0.4, -0.2) is 17.5 Å². The second-order valence-corrected chi connectivity index (χ2v) is 4.00. The van der Waals surface area contributed by atoms with Gasteiger partial charge in [0.1, 0.15) is 11.9 Å². The van der Waals surface area contributed by atoms with Crippen molar-refractivity contribution in [1.29, 1.82) is 10.7 Å². The van der Waals surface area contributed by atoms with Gasteiger partial charge in [-0.1, -0.05) is 11.6 Å². The number of rotatable bonds is 4. The minimum atomic E-state index is -0.772. The smallest absolute Gasteiger partial charge is 0.221 e. The molecule has 1 aromatic rings. The maximum Gasteiger partial charge on any atom is 0.221 e. The van der Waals surface area contributed by atoms with Gasteiger partial charge in [0.2, 0.25) is 11.6 Å². The van der Waals surface area contributed by atoms with Gasteiger partial charge in [-0.05, 0) is 6.07 Å². The molecule has 7 nitrogen and oxygen atoms in total. The van der Waals surface area contributed by atoms with Gasteiger partial charge in [-0.3, -0.25) is 15.6 Å². The van der Waals surface area contributed by atoms with Crippen molar-refractivity contribution < 1.29 is 9.18 Å². The van der Waals surface area contributed by atoms with Crippen LogP contribution in [0.25, 0.3) is 0 Å². The van der Waals surface area contributed by atoms with Gasteiger partial charge in [-0.25, -0.2) is 4.39 Å². The van der Waals surface area contributed by atoms with E-state index in [0.717, 1.165) is 6.07 Å². The Hall–Kier alpha value is -2.66. The zero-order valence-corrected chi connectivity index (χ0v) is 11.0. The van der Waals surface area contributed by atoms with Crippen LogP contribution in [0.1, 0.15) is 6.92 Å². The molecule has 20 heavy (non-hydrogen) atoms. The molecule has 0 saturated carbocycles. The molecule has 0 aliphatic carbocycles. The Balaban J connectivity index is 3.03. The summed E-state index contributed by atoms with van der Waals surface area (Å²) in [7, 11) is 0. The first-order valence-electron chi connectivity index (χ1n) is 5.20. The lowest BCUT2D eigenvalue weighted by Crippen LogP contribution is -2.21. The van der Waals surface area contributed by atoms with Crippen LogP contribution in [0.2, 0.25) is 5.02 Å². The van der Waals surface area contributed by atoms with Crippen molar-refractivity contribution in [3.63, 3.8) is 0 Å². The normalized spacial score (nSPS) is 10.6. The largest absolute Gasteiger partial charge is 0.382 e. The fourth-order valence-electron chi connectivity index (χ4n) is 1.20. The van der Waals surface area contributed by atoms with Gasteiger partial charge in [0.05, 0.1) is 16.4 Å². The number of benzene rings is 1. The number of nitrogens with zero attached hydrogens (tertiary/aromatic N) is 2. The molecule has 0 saturated heterocycles. The number of amides is 1. The van der Waals surface area contributed by atoms with Crippen molar-refractivity contribution in [2.24, 2.45) is 10.8 Å². The van der Waals surface area contributed by atoms with Gasteiger partial charge in [-0.2, -0.15) is 10.4 Å². The van der Waals surface area contributed by atoms with E-state index in [0.29, 0.717) is 0 Å². The molecule has 0 heterocycles. The van der Waals surface area contributed by atoms with Crippen molar-refractivity contribution in [2.45, 2.75) is 6.92 Å². The van der Waals surface area contributed by atoms with Crippen molar-refractivity contribution >= 4 is 40.4 Å². The second kappa shape index (κ2) is 6.49. The van der Waals surface area contributed by atoms with Gasteiger partial charge in [0, 0.05) is 13.0 Å². The van der Waals surface area contributed by atoms with Crippen LogP contribution < -0.4 is 16.5 Å². The molecule has 0 fully saturated rings. The first-order chi connectivity index (χ1) is 9.35. The molecule has 0 atom stereocenters. The van der Waals surface area contributed by atoms with Gasteiger partial charge in [0.25, 0.3) is 0 Å².